The molecule has 0 radical (unpaired) electrons. The summed E-state index contributed by atoms with van der Waals surface area (Å²) in [5.74, 6) is 0.675. The molecule has 0 saturated carbocycles. The predicted octanol–water partition coefficient (Wildman–Crippen LogP) is 1.93. The van der Waals surface area contributed by atoms with Gasteiger partial charge in [-0.25, -0.2) is 4.79 Å². The maximum absolute atomic E-state index is 12.0. The second-order valence-corrected chi connectivity index (χ2v) is 6.16. The summed E-state index contributed by atoms with van der Waals surface area (Å²) >= 11 is 0. The van der Waals surface area contributed by atoms with Crippen molar-refractivity contribution in [3.63, 3.8) is 0 Å². The van der Waals surface area contributed by atoms with Crippen LogP contribution in [0.1, 0.15) is 32.8 Å². The number of pyridine rings is 1. The van der Waals surface area contributed by atoms with Crippen molar-refractivity contribution in [2.75, 3.05) is 13.2 Å². The van der Waals surface area contributed by atoms with Gasteiger partial charge in [-0.1, -0.05) is 0 Å². The lowest BCUT2D eigenvalue weighted by atomic mass is 10.1. The number of amides is 1. The predicted molar refractivity (Wildman–Crippen MR) is 79.0 cm³/mol. The van der Waals surface area contributed by atoms with Gasteiger partial charge in [0.2, 0.25) is 0 Å². The van der Waals surface area contributed by atoms with Gasteiger partial charge < -0.3 is 20.1 Å². The van der Waals surface area contributed by atoms with Crippen molar-refractivity contribution >= 4 is 6.09 Å². The smallest absolute Gasteiger partial charge is 0.410 e. The molecule has 0 aromatic carbocycles. The molecule has 1 amide bonds. The zero-order valence-electron chi connectivity index (χ0n) is 12.8. The highest BCUT2D eigenvalue weighted by atomic mass is 16.6. The maximum Gasteiger partial charge on any atom is 0.410 e. The van der Waals surface area contributed by atoms with Gasteiger partial charge in [0.1, 0.15) is 18.0 Å². The summed E-state index contributed by atoms with van der Waals surface area (Å²) in [6.07, 6.45) is 4.00. The van der Waals surface area contributed by atoms with Crippen LogP contribution < -0.4 is 10.5 Å². The average molecular weight is 293 g/mol. The third-order valence-electron chi connectivity index (χ3n) is 3.22. The molecule has 1 fully saturated rings. The second-order valence-electron chi connectivity index (χ2n) is 6.16. The molecular weight excluding hydrogens is 270 g/mol. The van der Waals surface area contributed by atoms with Gasteiger partial charge in [0.15, 0.2) is 0 Å². The molecule has 0 unspecified atom stereocenters. The van der Waals surface area contributed by atoms with E-state index < -0.39 is 5.60 Å². The van der Waals surface area contributed by atoms with E-state index in [2.05, 4.69) is 4.98 Å². The topological polar surface area (TPSA) is 77.7 Å². The van der Waals surface area contributed by atoms with Crippen molar-refractivity contribution in [3.8, 4) is 5.75 Å². The van der Waals surface area contributed by atoms with E-state index in [9.17, 15) is 4.79 Å². The number of nitrogens with two attached hydrogens (primary N) is 1. The Kier molecular flexibility index (Phi) is 4.67. The van der Waals surface area contributed by atoms with E-state index in [1.54, 1.807) is 17.3 Å². The number of aromatic nitrogens is 1. The zero-order chi connectivity index (χ0) is 15.5. The Balaban J connectivity index is 1.85. The van der Waals surface area contributed by atoms with Crippen LogP contribution in [0.25, 0.3) is 0 Å². The molecule has 1 aliphatic rings. The lowest BCUT2D eigenvalue weighted by molar-refractivity contribution is -0.0141. The lowest BCUT2D eigenvalue weighted by Crippen LogP contribution is -2.55. The van der Waals surface area contributed by atoms with Crippen LogP contribution in [0.3, 0.4) is 0 Å². The average Bonchev–Trinajstić information content (AvgIpc) is 2.35. The standard InChI is InChI=1S/C15H23N3O3/c1-15(2,3)21-14(19)18-5-4-12(18)10-20-13-6-11(7-16)8-17-9-13/h6,8-9,12H,4-5,7,10,16H2,1-3H3/t12-/m0/s1. The van der Waals surface area contributed by atoms with Crippen molar-refractivity contribution in [1.82, 2.24) is 9.88 Å². The molecule has 6 nitrogen and oxygen atoms in total. The van der Waals surface area contributed by atoms with Crippen LogP contribution in [0.4, 0.5) is 4.79 Å². The second kappa shape index (κ2) is 6.30. The first-order chi connectivity index (χ1) is 9.89. The number of carbonyl (C=O) groups is 1. The van der Waals surface area contributed by atoms with Crippen molar-refractivity contribution in [2.24, 2.45) is 5.73 Å². The molecule has 21 heavy (non-hydrogen) atoms. The fraction of sp³-hybridized carbons (Fsp3) is 0.600. The molecule has 0 spiro atoms. The molecule has 0 bridgehead atoms. The Hall–Kier alpha value is -1.82. The molecule has 6 heteroatoms. The van der Waals surface area contributed by atoms with Gasteiger partial charge in [0.25, 0.3) is 0 Å². The normalized spacial score (nSPS) is 18.1. The molecular formula is C15H23N3O3. The number of hydrogen-bond donors (Lipinski definition) is 1. The summed E-state index contributed by atoms with van der Waals surface area (Å²) in [4.78, 5) is 17.8. The van der Waals surface area contributed by atoms with E-state index in [0.717, 1.165) is 12.0 Å². The minimum atomic E-state index is -0.475. The van der Waals surface area contributed by atoms with E-state index in [4.69, 9.17) is 15.2 Å². The van der Waals surface area contributed by atoms with Crippen LogP contribution in [0, 0.1) is 0 Å². The number of ether oxygens (including phenoxy) is 2. The number of rotatable bonds is 4. The van der Waals surface area contributed by atoms with Crippen LogP contribution in [-0.2, 0) is 11.3 Å². The quantitative estimate of drug-likeness (QED) is 0.917. The Bertz CT molecular complexity index is 499. The molecule has 1 aromatic rings. The van der Waals surface area contributed by atoms with E-state index in [0.29, 0.717) is 25.4 Å². The number of nitrogens with zero attached hydrogens (tertiary/aromatic N) is 2. The summed E-state index contributed by atoms with van der Waals surface area (Å²) in [6, 6.07) is 1.92. The molecule has 0 aliphatic carbocycles. The summed E-state index contributed by atoms with van der Waals surface area (Å²) in [6.45, 7) is 7.16. The molecule has 2 rings (SSSR count). The van der Waals surface area contributed by atoms with E-state index in [1.807, 2.05) is 26.8 Å². The third kappa shape index (κ3) is 4.32. The first-order valence-corrected chi connectivity index (χ1v) is 7.15. The Labute approximate surface area is 125 Å². The summed E-state index contributed by atoms with van der Waals surface area (Å²) in [5, 5.41) is 0. The van der Waals surface area contributed by atoms with Gasteiger partial charge in [-0.15, -0.1) is 0 Å². The highest BCUT2D eigenvalue weighted by Crippen LogP contribution is 2.22. The Morgan fingerprint density at radius 1 is 1.48 bits per heavy atom. The zero-order valence-corrected chi connectivity index (χ0v) is 12.8. The molecule has 2 heterocycles. The van der Waals surface area contributed by atoms with Gasteiger partial charge in [-0.2, -0.15) is 0 Å². The van der Waals surface area contributed by atoms with Crippen LogP contribution in [0.15, 0.2) is 18.5 Å². The van der Waals surface area contributed by atoms with Gasteiger partial charge >= 0.3 is 6.09 Å². The summed E-state index contributed by atoms with van der Waals surface area (Å²) in [7, 11) is 0. The van der Waals surface area contributed by atoms with Crippen LogP contribution in [0.5, 0.6) is 5.75 Å². The number of hydrogen-bond acceptors (Lipinski definition) is 5. The number of likely N-dealkylation sites (tertiary alicyclic amines) is 1. The molecule has 2 N–H and O–H groups in total. The van der Waals surface area contributed by atoms with E-state index >= 15 is 0 Å². The van der Waals surface area contributed by atoms with Crippen molar-refractivity contribution in [1.29, 1.82) is 0 Å². The molecule has 1 atom stereocenters. The largest absolute Gasteiger partial charge is 0.490 e. The fourth-order valence-corrected chi connectivity index (χ4v) is 2.02. The number of carbonyl (C=O) groups excluding carboxylic acids is 1. The Morgan fingerprint density at radius 3 is 2.81 bits per heavy atom. The van der Waals surface area contributed by atoms with E-state index in [1.165, 1.54) is 0 Å². The molecule has 1 aromatic heterocycles. The van der Waals surface area contributed by atoms with E-state index in [-0.39, 0.29) is 12.1 Å². The molecule has 1 aliphatic heterocycles. The van der Waals surface area contributed by atoms with Crippen LogP contribution in [0.2, 0.25) is 0 Å². The molecule has 116 valence electrons. The van der Waals surface area contributed by atoms with Gasteiger partial charge in [-0.05, 0) is 38.8 Å². The van der Waals surface area contributed by atoms with Crippen LogP contribution in [-0.4, -0.2) is 40.8 Å². The monoisotopic (exact) mass is 293 g/mol. The first kappa shape index (κ1) is 15.6. The Morgan fingerprint density at radius 2 is 2.24 bits per heavy atom. The molecule has 1 saturated heterocycles. The third-order valence-corrected chi connectivity index (χ3v) is 3.22. The summed E-state index contributed by atoms with van der Waals surface area (Å²) in [5.41, 5.74) is 6.01. The highest BCUT2D eigenvalue weighted by molar-refractivity contribution is 5.69. The summed E-state index contributed by atoms with van der Waals surface area (Å²) < 4.78 is 11.1. The van der Waals surface area contributed by atoms with Gasteiger partial charge in [-0.3, -0.25) is 4.98 Å². The fourth-order valence-electron chi connectivity index (χ4n) is 2.02. The van der Waals surface area contributed by atoms with Crippen molar-refractivity contribution in [2.45, 2.75) is 45.4 Å². The lowest BCUT2D eigenvalue weighted by Gasteiger charge is -2.40. The van der Waals surface area contributed by atoms with Gasteiger partial charge in [0.05, 0.1) is 12.2 Å². The van der Waals surface area contributed by atoms with Crippen LogP contribution >= 0.6 is 0 Å². The minimum Gasteiger partial charge on any atom is -0.490 e. The van der Waals surface area contributed by atoms with Crippen molar-refractivity contribution < 1.29 is 14.3 Å². The SMILES string of the molecule is CC(C)(C)OC(=O)N1CC[C@H]1COc1cncc(CN)c1. The highest BCUT2D eigenvalue weighted by Gasteiger charge is 2.35. The van der Waals surface area contributed by atoms with Crippen molar-refractivity contribution in [3.05, 3.63) is 24.0 Å². The maximum atomic E-state index is 12.0. The minimum absolute atomic E-state index is 0.0568. The van der Waals surface area contributed by atoms with Gasteiger partial charge in [0, 0.05) is 19.3 Å². The first-order valence-electron chi connectivity index (χ1n) is 7.15.